The highest BCUT2D eigenvalue weighted by Gasteiger charge is 2.02. The first kappa shape index (κ1) is 16.1. The third-order valence-corrected chi connectivity index (χ3v) is 4.19. The highest BCUT2D eigenvalue weighted by molar-refractivity contribution is 6.02. The van der Waals surface area contributed by atoms with Gasteiger partial charge in [0.15, 0.2) is 0 Å². The summed E-state index contributed by atoms with van der Waals surface area (Å²) in [7, 11) is 1.69. The molecule has 0 aliphatic carbocycles. The number of benzene rings is 3. The SMILES string of the molecule is COc1ccc2cc(/C(C)=N/Nc3ccc(C)cc3C)ccc2c1. The Bertz CT molecular complexity index is 913. The summed E-state index contributed by atoms with van der Waals surface area (Å²) in [4.78, 5) is 0. The van der Waals surface area contributed by atoms with Gasteiger partial charge in [-0.05, 0) is 66.9 Å². The highest BCUT2D eigenvalue weighted by Crippen LogP contribution is 2.22. The summed E-state index contributed by atoms with van der Waals surface area (Å²) in [5, 5.41) is 6.87. The van der Waals surface area contributed by atoms with E-state index in [1.807, 2.05) is 19.1 Å². The van der Waals surface area contributed by atoms with E-state index in [2.05, 4.69) is 66.8 Å². The number of aryl methyl sites for hydroxylation is 2. The number of hydrogen-bond donors (Lipinski definition) is 1. The van der Waals surface area contributed by atoms with Crippen LogP contribution in [0.15, 0.2) is 59.7 Å². The van der Waals surface area contributed by atoms with Crippen LogP contribution in [0, 0.1) is 13.8 Å². The second-order valence-electron chi connectivity index (χ2n) is 6.06. The summed E-state index contributed by atoms with van der Waals surface area (Å²) in [6, 6.07) is 18.7. The minimum absolute atomic E-state index is 0.872. The average molecular weight is 318 g/mol. The smallest absolute Gasteiger partial charge is 0.119 e. The van der Waals surface area contributed by atoms with Crippen LogP contribution in [0.25, 0.3) is 10.8 Å². The molecule has 3 aromatic rings. The molecule has 3 heteroatoms. The van der Waals surface area contributed by atoms with E-state index in [1.165, 1.54) is 16.5 Å². The molecule has 0 saturated carbocycles. The summed E-state index contributed by atoms with van der Waals surface area (Å²) < 4.78 is 5.27. The lowest BCUT2D eigenvalue weighted by Gasteiger charge is -2.08. The fraction of sp³-hybridized carbons (Fsp3) is 0.190. The molecule has 24 heavy (non-hydrogen) atoms. The average Bonchev–Trinajstić information content (AvgIpc) is 2.59. The lowest BCUT2D eigenvalue weighted by Crippen LogP contribution is -2.01. The van der Waals surface area contributed by atoms with Gasteiger partial charge in [0.2, 0.25) is 0 Å². The second kappa shape index (κ2) is 6.75. The first-order valence-corrected chi connectivity index (χ1v) is 8.02. The zero-order valence-electron chi connectivity index (χ0n) is 14.6. The molecule has 0 bridgehead atoms. The Morgan fingerprint density at radius 3 is 2.42 bits per heavy atom. The first-order chi connectivity index (χ1) is 11.6. The molecule has 0 saturated heterocycles. The molecule has 0 fully saturated rings. The number of anilines is 1. The number of ether oxygens (including phenoxy) is 1. The Hall–Kier alpha value is -2.81. The minimum atomic E-state index is 0.872. The van der Waals surface area contributed by atoms with Gasteiger partial charge in [-0.15, -0.1) is 0 Å². The van der Waals surface area contributed by atoms with Gasteiger partial charge < -0.3 is 4.74 Å². The summed E-state index contributed by atoms with van der Waals surface area (Å²) in [6.07, 6.45) is 0. The quantitative estimate of drug-likeness (QED) is 0.523. The third-order valence-electron chi connectivity index (χ3n) is 4.19. The molecule has 0 heterocycles. The molecule has 3 aromatic carbocycles. The molecule has 3 nitrogen and oxygen atoms in total. The van der Waals surface area contributed by atoms with Crippen molar-refractivity contribution in [1.29, 1.82) is 0 Å². The Morgan fingerprint density at radius 2 is 1.67 bits per heavy atom. The maximum Gasteiger partial charge on any atom is 0.119 e. The second-order valence-corrected chi connectivity index (χ2v) is 6.06. The molecule has 0 aliphatic heterocycles. The van der Waals surface area contributed by atoms with Gasteiger partial charge in [0.1, 0.15) is 5.75 Å². The van der Waals surface area contributed by atoms with E-state index in [0.29, 0.717) is 0 Å². The molecule has 0 aliphatic rings. The van der Waals surface area contributed by atoms with Crippen LogP contribution in [0.2, 0.25) is 0 Å². The molecule has 0 aromatic heterocycles. The number of rotatable bonds is 4. The third kappa shape index (κ3) is 3.40. The lowest BCUT2D eigenvalue weighted by atomic mass is 10.0. The lowest BCUT2D eigenvalue weighted by molar-refractivity contribution is 0.415. The molecular weight excluding hydrogens is 296 g/mol. The standard InChI is InChI=1S/C21H22N2O/c1-14-5-10-21(15(2)11-14)23-22-16(3)17-6-7-19-13-20(24-4)9-8-18(19)12-17/h5-13,23H,1-4H3/b22-16+. The number of hydrogen-bond acceptors (Lipinski definition) is 3. The Labute approximate surface area is 143 Å². The van der Waals surface area contributed by atoms with Crippen molar-refractivity contribution in [2.75, 3.05) is 12.5 Å². The molecule has 0 amide bonds. The largest absolute Gasteiger partial charge is 0.497 e. The number of nitrogens with one attached hydrogen (secondary N) is 1. The fourth-order valence-corrected chi connectivity index (χ4v) is 2.72. The van der Waals surface area contributed by atoms with Gasteiger partial charge in [0, 0.05) is 0 Å². The van der Waals surface area contributed by atoms with Gasteiger partial charge in [-0.3, -0.25) is 5.43 Å². The van der Waals surface area contributed by atoms with Gasteiger partial charge in [0.05, 0.1) is 18.5 Å². The van der Waals surface area contributed by atoms with E-state index >= 15 is 0 Å². The molecule has 122 valence electrons. The van der Waals surface area contributed by atoms with Crippen LogP contribution in [0.4, 0.5) is 5.69 Å². The van der Waals surface area contributed by atoms with Crippen LogP contribution >= 0.6 is 0 Å². The van der Waals surface area contributed by atoms with Crippen molar-refractivity contribution in [3.8, 4) is 5.75 Å². The molecule has 3 rings (SSSR count). The zero-order chi connectivity index (χ0) is 17.1. The van der Waals surface area contributed by atoms with E-state index in [0.717, 1.165) is 28.1 Å². The van der Waals surface area contributed by atoms with Crippen LogP contribution in [-0.2, 0) is 0 Å². The maximum atomic E-state index is 5.27. The monoisotopic (exact) mass is 318 g/mol. The molecule has 1 N–H and O–H groups in total. The molecule has 0 unspecified atom stereocenters. The van der Waals surface area contributed by atoms with Crippen molar-refractivity contribution in [3.05, 3.63) is 71.3 Å². The number of methoxy groups -OCH3 is 1. The highest BCUT2D eigenvalue weighted by atomic mass is 16.5. The van der Waals surface area contributed by atoms with Crippen molar-refractivity contribution in [2.24, 2.45) is 5.10 Å². The van der Waals surface area contributed by atoms with Gasteiger partial charge in [0.25, 0.3) is 0 Å². The molecule has 0 spiro atoms. The summed E-state index contributed by atoms with van der Waals surface area (Å²) in [5.41, 5.74) is 8.70. The van der Waals surface area contributed by atoms with Crippen LogP contribution in [0.1, 0.15) is 23.6 Å². The predicted molar refractivity (Wildman–Crippen MR) is 102 cm³/mol. The topological polar surface area (TPSA) is 33.6 Å². The van der Waals surface area contributed by atoms with Crippen molar-refractivity contribution < 1.29 is 4.74 Å². The van der Waals surface area contributed by atoms with Crippen LogP contribution in [0.5, 0.6) is 5.75 Å². The number of fused-ring (bicyclic) bond motifs is 1. The predicted octanol–water partition coefficient (Wildman–Crippen LogP) is 5.30. The van der Waals surface area contributed by atoms with Crippen molar-refractivity contribution in [2.45, 2.75) is 20.8 Å². The summed E-state index contributed by atoms with van der Waals surface area (Å²) >= 11 is 0. The van der Waals surface area contributed by atoms with Gasteiger partial charge >= 0.3 is 0 Å². The maximum absolute atomic E-state index is 5.27. The zero-order valence-corrected chi connectivity index (χ0v) is 14.6. The molecule has 0 atom stereocenters. The normalized spacial score (nSPS) is 11.6. The van der Waals surface area contributed by atoms with Crippen molar-refractivity contribution in [1.82, 2.24) is 0 Å². The van der Waals surface area contributed by atoms with E-state index in [-0.39, 0.29) is 0 Å². The van der Waals surface area contributed by atoms with E-state index in [9.17, 15) is 0 Å². The van der Waals surface area contributed by atoms with E-state index < -0.39 is 0 Å². The van der Waals surface area contributed by atoms with Gasteiger partial charge in [-0.2, -0.15) is 5.10 Å². The van der Waals surface area contributed by atoms with Crippen LogP contribution < -0.4 is 10.2 Å². The fourth-order valence-electron chi connectivity index (χ4n) is 2.72. The number of nitrogens with zero attached hydrogens (tertiary/aromatic N) is 1. The van der Waals surface area contributed by atoms with E-state index in [1.54, 1.807) is 7.11 Å². The minimum Gasteiger partial charge on any atom is -0.497 e. The van der Waals surface area contributed by atoms with Crippen LogP contribution in [-0.4, -0.2) is 12.8 Å². The molecule has 0 radical (unpaired) electrons. The van der Waals surface area contributed by atoms with Crippen LogP contribution in [0.3, 0.4) is 0 Å². The summed E-state index contributed by atoms with van der Waals surface area (Å²) in [5.74, 6) is 0.872. The Kier molecular flexibility index (Phi) is 4.52. The Morgan fingerprint density at radius 1 is 0.917 bits per heavy atom. The number of hydrazone groups is 1. The van der Waals surface area contributed by atoms with Gasteiger partial charge in [-0.25, -0.2) is 0 Å². The van der Waals surface area contributed by atoms with Gasteiger partial charge in [-0.1, -0.05) is 35.9 Å². The summed E-state index contributed by atoms with van der Waals surface area (Å²) in [6.45, 7) is 6.19. The van der Waals surface area contributed by atoms with Crippen molar-refractivity contribution in [3.63, 3.8) is 0 Å². The van der Waals surface area contributed by atoms with E-state index in [4.69, 9.17) is 4.74 Å². The molecular formula is C21H22N2O. The van der Waals surface area contributed by atoms with Crippen molar-refractivity contribution >= 4 is 22.2 Å². The Balaban J connectivity index is 1.85. The first-order valence-electron chi connectivity index (χ1n) is 8.02.